The summed E-state index contributed by atoms with van der Waals surface area (Å²) in [6.45, 7) is 8.02. The van der Waals surface area contributed by atoms with Gasteiger partial charge in [-0.05, 0) is 49.6 Å². The van der Waals surface area contributed by atoms with Gasteiger partial charge in [-0.3, -0.25) is 9.59 Å². The van der Waals surface area contributed by atoms with Crippen LogP contribution in [0.4, 0.5) is 4.79 Å². The van der Waals surface area contributed by atoms with E-state index in [9.17, 15) is 24.3 Å². The Labute approximate surface area is 223 Å². The molecule has 0 fully saturated rings. The number of carbonyl (C=O) groups excluding carboxylic acids is 3. The number of cyclic esters (lactones) is 1. The fourth-order valence-corrected chi connectivity index (χ4v) is 4.93. The molecule has 39 heavy (non-hydrogen) atoms. The molecule has 11 heteroatoms. The minimum atomic E-state index is -1.51. The number of hydrogen-bond donors (Lipinski definition) is 3. The van der Waals surface area contributed by atoms with E-state index in [1.165, 1.54) is 0 Å². The Bertz CT molecular complexity index is 1610. The van der Waals surface area contributed by atoms with Crippen LogP contribution in [0.1, 0.15) is 48.6 Å². The summed E-state index contributed by atoms with van der Waals surface area (Å²) < 4.78 is 12.0. The summed E-state index contributed by atoms with van der Waals surface area (Å²) in [7, 11) is 0. The maximum absolute atomic E-state index is 13.2. The van der Waals surface area contributed by atoms with E-state index in [1.54, 1.807) is 35.8 Å². The van der Waals surface area contributed by atoms with Crippen LogP contribution in [0.5, 0.6) is 5.75 Å². The summed E-state index contributed by atoms with van der Waals surface area (Å²) >= 11 is 0. The summed E-state index contributed by atoms with van der Waals surface area (Å²) in [4.78, 5) is 53.7. The van der Waals surface area contributed by atoms with Crippen LogP contribution in [-0.4, -0.2) is 45.7 Å². The van der Waals surface area contributed by atoms with E-state index >= 15 is 0 Å². The van der Waals surface area contributed by atoms with E-state index in [0.29, 0.717) is 60.7 Å². The third-order valence-electron chi connectivity index (χ3n) is 6.91. The van der Waals surface area contributed by atoms with Gasteiger partial charge in [-0.25, -0.2) is 14.6 Å². The first-order valence-corrected chi connectivity index (χ1v) is 12.7. The van der Waals surface area contributed by atoms with Crippen LogP contribution in [0.15, 0.2) is 41.2 Å². The van der Waals surface area contributed by atoms with Crippen LogP contribution in [0.3, 0.4) is 0 Å². The van der Waals surface area contributed by atoms with Gasteiger partial charge >= 0.3 is 12.1 Å². The second-order valence-electron chi connectivity index (χ2n) is 9.52. The fraction of sp³-hybridized carbons (Fsp3) is 0.321. The lowest BCUT2D eigenvalue weighted by Crippen LogP contribution is -2.32. The largest absolute Gasteiger partial charge is 0.458 e. The lowest BCUT2D eigenvalue weighted by Gasteiger charge is -2.21. The number of nitrogens with one attached hydrogen (secondary N) is 2. The SMILES string of the molecule is C=C(C)C(=O)NCCCNC(=O)Oc1ccc2nc3c(c(CC)c2c1)Cn1c-3cc2c(c1=O)COC(=O)[C@H]2O. The highest BCUT2D eigenvalue weighted by Gasteiger charge is 2.34. The van der Waals surface area contributed by atoms with Gasteiger partial charge in [0.15, 0.2) is 6.10 Å². The molecule has 3 N–H and O–H groups in total. The van der Waals surface area contributed by atoms with Gasteiger partial charge < -0.3 is 29.8 Å². The predicted octanol–water partition coefficient (Wildman–Crippen LogP) is 2.25. The molecule has 0 unspecified atom stereocenters. The maximum Gasteiger partial charge on any atom is 0.412 e. The molecule has 0 radical (unpaired) electrons. The van der Waals surface area contributed by atoms with Crippen molar-refractivity contribution in [2.24, 2.45) is 0 Å². The Morgan fingerprint density at radius 3 is 2.72 bits per heavy atom. The van der Waals surface area contributed by atoms with Crippen LogP contribution in [0.2, 0.25) is 0 Å². The lowest BCUT2D eigenvalue weighted by molar-refractivity contribution is -0.157. The molecular weight excluding hydrogens is 504 g/mol. The molecule has 0 spiro atoms. The van der Waals surface area contributed by atoms with Gasteiger partial charge in [-0.2, -0.15) is 0 Å². The molecule has 0 bridgehead atoms. The third-order valence-corrected chi connectivity index (χ3v) is 6.91. The van der Waals surface area contributed by atoms with Crippen molar-refractivity contribution in [3.8, 4) is 17.1 Å². The van der Waals surface area contributed by atoms with Crippen molar-refractivity contribution in [3.05, 3.63) is 69.0 Å². The minimum Gasteiger partial charge on any atom is -0.458 e. The minimum absolute atomic E-state index is 0.178. The first-order valence-electron chi connectivity index (χ1n) is 12.7. The van der Waals surface area contributed by atoms with E-state index in [-0.39, 0.29) is 29.2 Å². The number of benzene rings is 1. The molecule has 5 rings (SSSR count). The zero-order valence-electron chi connectivity index (χ0n) is 21.6. The van der Waals surface area contributed by atoms with Crippen LogP contribution < -0.4 is 20.9 Å². The summed E-state index contributed by atoms with van der Waals surface area (Å²) in [6.07, 6.45) is -0.960. The number of hydrogen-bond acceptors (Lipinski definition) is 8. The molecule has 2 aromatic heterocycles. The first kappa shape index (κ1) is 26.1. The zero-order valence-corrected chi connectivity index (χ0v) is 21.6. The summed E-state index contributed by atoms with van der Waals surface area (Å²) in [5, 5.41) is 16.5. The number of esters is 1. The van der Waals surface area contributed by atoms with Crippen molar-refractivity contribution < 1.29 is 29.0 Å². The Balaban J connectivity index is 1.37. The second kappa shape index (κ2) is 10.3. The normalized spacial score (nSPS) is 15.2. The highest BCUT2D eigenvalue weighted by atomic mass is 16.6. The van der Waals surface area contributed by atoms with Gasteiger partial charge in [0.2, 0.25) is 5.91 Å². The molecule has 3 aromatic rings. The smallest absolute Gasteiger partial charge is 0.412 e. The van der Waals surface area contributed by atoms with Crippen LogP contribution >= 0.6 is 0 Å². The second-order valence-corrected chi connectivity index (χ2v) is 9.52. The molecule has 2 aliphatic heterocycles. The van der Waals surface area contributed by atoms with Crippen molar-refractivity contribution in [2.75, 3.05) is 13.1 Å². The number of ether oxygens (including phenoxy) is 2. The standard InChI is InChI=1S/C28H28N4O7/c1-4-16-17-10-15(39-28(37)30-9-5-8-29-25(34)14(2)3)6-7-21(17)31-23-19(16)12-32-22(23)11-18-20(26(32)35)13-38-27(36)24(18)33/h6-7,10-11,24,33H,2,4-5,8-9,12-13H2,1,3H3,(H,29,34)(H,30,37)/t24-/m0/s1. The molecule has 2 amide bonds. The van der Waals surface area contributed by atoms with Gasteiger partial charge in [0.05, 0.1) is 29.0 Å². The van der Waals surface area contributed by atoms with E-state index in [2.05, 4.69) is 17.2 Å². The molecule has 2 aliphatic rings. The molecule has 4 heterocycles. The number of amides is 2. The Morgan fingerprint density at radius 1 is 1.21 bits per heavy atom. The van der Waals surface area contributed by atoms with Crippen molar-refractivity contribution in [2.45, 2.75) is 45.9 Å². The number of nitrogens with zero attached hydrogens (tertiary/aromatic N) is 2. The maximum atomic E-state index is 13.2. The van der Waals surface area contributed by atoms with Gasteiger partial charge in [0, 0.05) is 35.2 Å². The Hall–Kier alpha value is -4.51. The van der Waals surface area contributed by atoms with Gasteiger partial charge in [0.1, 0.15) is 12.4 Å². The number of fused-ring (bicyclic) bond motifs is 5. The van der Waals surface area contributed by atoms with Crippen LogP contribution in [0.25, 0.3) is 22.3 Å². The average Bonchev–Trinajstić information content (AvgIpc) is 3.27. The van der Waals surface area contributed by atoms with E-state index in [4.69, 9.17) is 14.5 Å². The molecule has 1 atom stereocenters. The van der Waals surface area contributed by atoms with Crippen molar-refractivity contribution in [1.29, 1.82) is 0 Å². The monoisotopic (exact) mass is 532 g/mol. The van der Waals surface area contributed by atoms with E-state index < -0.39 is 18.2 Å². The number of pyridine rings is 2. The molecular formula is C28H28N4O7. The highest BCUT2D eigenvalue weighted by Crippen LogP contribution is 2.38. The molecule has 202 valence electrons. The molecule has 0 saturated carbocycles. The first-order chi connectivity index (χ1) is 18.7. The highest BCUT2D eigenvalue weighted by molar-refractivity contribution is 5.92. The number of rotatable bonds is 7. The predicted molar refractivity (Wildman–Crippen MR) is 141 cm³/mol. The molecule has 0 aliphatic carbocycles. The van der Waals surface area contributed by atoms with E-state index in [0.717, 1.165) is 16.5 Å². The van der Waals surface area contributed by atoms with Crippen molar-refractivity contribution in [3.63, 3.8) is 0 Å². The molecule has 11 nitrogen and oxygen atoms in total. The van der Waals surface area contributed by atoms with Gasteiger partial charge in [-0.15, -0.1) is 0 Å². The topological polar surface area (TPSA) is 149 Å². The molecule has 1 aromatic carbocycles. The van der Waals surface area contributed by atoms with Crippen LogP contribution in [0, 0.1) is 0 Å². The number of carbonyl (C=O) groups is 3. The van der Waals surface area contributed by atoms with Gasteiger partial charge in [0.25, 0.3) is 5.56 Å². The summed E-state index contributed by atoms with van der Waals surface area (Å²) in [5.41, 5.74) is 4.26. The van der Waals surface area contributed by atoms with Gasteiger partial charge in [-0.1, -0.05) is 13.5 Å². The Kier molecular flexibility index (Phi) is 6.92. The number of aliphatic hydroxyl groups excluding tert-OH is 1. The lowest BCUT2D eigenvalue weighted by atomic mass is 9.97. The third kappa shape index (κ3) is 4.76. The summed E-state index contributed by atoms with van der Waals surface area (Å²) in [6, 6.07) is 6.79. The zero-order chi connectivity index (χ0) is 27.8. The Morgan fingerprint density at radius 2 is 1.97 bits per heavy atom. The average molecular weight is 533 g/mol. The van der Waals surface area contributed by atoms with Crippen molar-refractivity contribution >= 4 is 28.9 Å². The van der Waals surface area contributed by atoms with E-state index in [1.807, 2.05) is 6.92 Å². The summed E-state index contributed by atoms with van der Waals surface area (Å²) in [5.74, 6) is -0.666. The number of aromatic nitrogens is 2. The quantitative estimate of drug-likeness (QED) is 0.186. The number of aliphatic hydroxyl groups is 1. The number of aryl methyl sites for hydroxylation is 1. The van der Waals surface area contributed by atoms with Crippen LogP contribution in [-0.2, 0) is 33.9 Å². The fourth-order valence-electron chi connectivity index (χ4n) is 4.93. The van der Waals surface area contributed by atoms with Crippen molar-refractivity contribution in [1.82, 2.24) is 20.2 Å². The molecule has 0 saturated heterocycles.